The van der Waals surface area contributed by atoms with Crippen LogP contribution in [0.15, 0.2) is 67.0 Å². The minimum atomic E-state index is -4.94. The fourth-order valence-corrected chi connectivity index (χ4v) is 2.78. The van der Waals surface area contributed by atoms with E-state index in [0.29, 0.717) is 25.5 Å². The molecule has 3 rings (SSSR count). The minimum absolute atomic E-state index is 0. The van der Waals surface area contributed by atoms with Crippen molar-refractivity contribution in [3.8, 4) is 6.07 Å². The summed E-state index contributed by atoms with van der Waals surface area (Å²) in [6, 6.07) is 19.3. The SMILES string of the molecule is CC#N.CC(C)(C)C(=O)Nc1cccc(CN(Cc2ccccn2)Cc2ccccn2)n1.[O-][Cl+3]([O-])([O-])[O-].[O-][Cl+3]([O-])([O-])[O-].[Zn+2]. The Bertz CT molecular complexity index is 1160. The first-order valence-corrected chi connectivity index (χ1v) is 14.1. The molecule has 0 atom stereocenters. The molecule has 0 radical (unpaired) electrons. The average molecular weight is 695 g/mol. The van der Waals surface area contributed by atoms with Gasteiger partial charge in [0.15, 0.2) is 0 Å². The third-order valence-electron chi connectivity index (χ3n) is 4.34. The number of rotatable bonds is 7. The topological polar surface area (TPSA) is 279 Å². The van der Waals surface area contributed by atoms with Crippen LogP contribution in [0, 0.1) is 37.2 Å². The molecule has 15 nitrogen and oxygen atoms in total. The van der Waals surface area contributed by atoms with Crippen LogP contribution in [0.3, 0.4) is 0 Å². The number of anilines is 1. The van der Waals surface area contributed by atoms with Gasteiger partial charge in [-0.05, 0) is 36.4 Å². The number of nitriles is 1. The normalized spacial score (nSPS) is 10.7. The molecule has 1 N–H and O–H groups in total. The zero-order chi connectivity index (χ0) is 32.4. The van der Waals surface area contributed by atoms with Crippen molar-refractivity contribution in [2.24, 2.45) is 5.41 Å². The first kappa shape index (κ1) is 42.4. The van der Waals surface area contributed by atoms with E-state index in [1.54, 1.807) is 18.5 Å². The van der Waals surface area contributed by atoms with Gasteiger partial charge in [0.2, 0.25) is 5.91 Å². The standard InChI is InChI=1S/C23H27N5O.C2H3N.2ClHO4.Zn/c1-23(2,3)22(29)27-21-12-8-11-20(26-21)17-28(15-18-9-4-6-13-24-18)16-19-10-5-7-14-25-19;1-2-3;2*2-1(3,4)5;/h4-14H,15-17H2,1-3H3,(H,26,27,29);1H3;2*(H,2,3,4,5);/q;;;;+2/p-2. The summed E-state index contributed by atoms with van der Waals surface area (Å²) in [6.07, 6.45) is 3.60. The number of halogens is 2. The largest absolute Gasteiger partial charge is 2.00 e. The molecule has 1 amide bonds. The van der Waals surface area contributed by atoms with Crippen LogP contribution >= 0.6 is 0 Å². The van der Waals surface area contributed by atoms with Crippen molar-refractivity contribution in [1.29, 1.82) is 5.26 Å². The summed E-state index contributed by atoms with van der Waals surface area (Å²) in [5.74, 6) is 0.513. The molecule has 0 saturated carbocycles. The predicted octanol–water partition coefficient (Wildman–Crippen LogP) is -4.93. The maximum absolute atomic E-state index is 12.3. The molecule has 230 valence electrons. The number of hydrogen-bond donors (Lipinski definition) is 1. The molecule has 0 aliphatic rings. The number of carbonyl (C=O) groups is 1. The van der Waals surface area contributed by atoms with Gasteiger partial charge in [-0.3, -0.25) is 19.7 Å². The molecule has 3 aromatic heterocycles. The molecule has 0 aliphatic carbocycles. The molecular formula is C25H30Cl2N6O9Zn. The quantitative estimate of drug-likeness (QED) is 0.227. The van der Waals surface area contributed by atoms with Gasteiger partial charge < -0.3 is 5.32 Å². The summed E-state index contributed by atoms with van der Waals surface area (Å²) in [6.45, 7) is 9.05. The van der Waals surface area contributed by atoms with E-state index in [1.807, 2.05) is 75.4 Å². The molecule has 3 aromatic rings. The van der Waals surface area contributed by atoms with E-state index in [4.69, 9.17) is 42.5 Å². The van der Waals surface area contributed by atoms with Crippen molar-refractivity contribution >= 4 is 11.7 Å². The van der Waals surface area contributed by atoms with Gasteiger partial charge in [-0.15, -0.1) is 20.5 Å². The maximum atomic E-state index is 12.3. The second-order valence-corrected chi connectivity index (χ2v) is 10.5. The van der Waals surface area contributed by atoms with E-state index in [0.717, 1.165) is 17.1 Å². The fraction of sp³-hybridized carbons (Fsp3) is 0.320. The second-order valence-electron chi connectivity index (χ2n) is 8.99. The number of hydrogen-bond acceptors (Lipinski definition) is 14. The summed E-state index contributed by atoms with van der Waals surface area (Å²) in [7, 11) is -9.89. The first-order chi connectivity index (χ1) is 19.3. The number of amides is 1. The van der Waals surface area contributed by atoms with Crippen LogP contribution in [0.5, 0.6) is 0 Å². The summed E-state index contributed by atoms with van der Waals surface area (Å²) in [4.78, 5) is 28.0. The first-order valence-electron chi connectivity index (χ1n) is 11.7. The van der Waals surface area contributed by atoms with Crippen LogP contribution in [0.4, 0.5) is 5.82 Å². The van der Waals surface area contributed by atoms with Gasteiger partial charge in [-0.2, -0.15) is 5.26 Å². The van der Waals surface area contributed by atoms with Crippen molar-refractivity contribution in [3.05, 3.63) is 84.1 Å². The number of nitrogens with one attached hydrogen (secondary N) is 1. The van der Waals surface area contributed by atoms with E-state index < -0.39 is 25.9 Å². The van der Waals surface area contributed by atoms with Crippen molar-refractivity contribution in [1.82, 2.24) is 19.9 Å². The van der Waals surface area contributed by atoms with Gasteiger partial charge in [-0.25, -0.2) is 42.3 Å². The summed E-state index contributed by atoms with van der Waals surface area (Å²) in [5, 5.41) is 10.2. The molecule has 0 bridgehead atoms. The van der Waals surface area contributed by atoms with Crippen LogP contribution < -0.4 is 42.6 Å². The smallest absolute Gasteiger partial charge is 0.310 e. The Morgan fingerprint density at radius 1 is 0.791 bits per heavy atom. The van der Waals surface area contributed by atoms with Gasteiger partial charge in [0, 0.05) is 44.4 Å². The van der Waals surface area contributed by atoms with Gasteiger partial charge in [0.05, 0.1) is 23.2 Å². The molecule has 43 heavy (non-hydrogen) atoms. The number of aromatic nitrogens is 3. The molecule has 0 fully saturated rings. The summed E-state index contributed by atoms with van der Waals surface area (Å²) < 4.78 is 67.9. The molecule has 3 heterocycles. The number of nitrogens with zero attached hydrogens (tertiary/aromatic N) is 5. The van der Waals surface area contributed by atoms with E-state index in [9.17, 15) is 4.79 Å². The van der Waals surface area contributed by atoms with Crippen molar-refractivity contribution in [2.75, 3.05) is 5.32 Å². The molecule has 18 heteroatoms. The Kier molecular flexibility index (Phi) is 20.7. The third-order valence-corrected chi connectivity index (χ3v) is 4.34. The fourth-order valence-electron chi connectivity index (χ4n) is 2.78. The van der Waals surface area contributed by atoms with E-state index in [1.165, 1.54) is 6.92 Å². The molecule has 0 spiro atoms. The van der Waals surface area contributed by atoms with Crippen molar-refractivity contribution in [2.45, 2.75) is 47.3 Å². The molecule has 0 unspecified atom stereocenters. The van der Waals surface area contributed by atoms with Gasteiger partial charge in [0.1, 0.15) is 5.82 Å². The van der Waals surface area contributed by atoms with Crippen LogP contribution in [0.25, 0.3) is 0 Å². The van der Waals surface area contributed by atoms with Crippen molar-refractivity contribution < 1.29 is 82.0 Å². The Balaban J connectivity index is 0. The van der Waals surface area contributed by atoms with Crippen LogP contribution in [-0.2, 0) is 43.9 Å². The Labute approximate surface area is 266 Å². The van der Waals surface area contributed by atoms with Crippen LogP contribution in [0.2, 0.25) is 0 Å². The Hall–Kier alpha value is -2.75. The monoisotopic (exact) mass is 692 g/mol. The summed E-state index contributed by atoms with van der Waals surface area (Å²) >= 11 is 0. The maximum Gasteiger partial charge on any atom is 2.00 e. The molecule has 0 saturated heterocycles. The minimum Gasteiger partial charge on any atom is -0.310 e. The predicted molar refractivity (Wildman–Crippen MR) is 125 cm³/mol. The second kappa shape index (κ2) is 21.0. The molecule has 0 aliphatic heterocycles. The van der Waals surface area contributed by atoms with E-state index in [-0.39, 0.29) is 25.4 Å². The number of carbonyl (C=O) groups excluding carboxylic acids is 1. The summed E-state index contributed by atoms with van der Waals surface area (Å²) in [5.41, 5.74) is 2.38. The van der Waals surface area contributed by atoms with Crippen LogP contribution in [0.1, 0.15) is 44.8 Å². The Morgan fingerprint density at radius 3 is 1.51 bits per heavy atom. The molecular weight excluding hydrogens is 665 g/mol. The van der Waals surface area contributed by atoms with Crippen LogP contribution in [-0.4, -0.2) is 25.8 Å². The van der Waals surface area contributed by atoms with Gasteiger partial charge in [-0.1, -0.05) is 39.0 Å². The number of pyridine rings is 3. The van der Waals surface area contributed by atoms with E-state index >= 15 is 0 Å². The van der Waals surface area contributed by atoms with E-state index in [2.05, 4.69) is 25.2 Å². The molecule has 0 aromatic carbocycles. The zero-order valence-corrected chi connectivity index (χ0v) is 28.3. The van der Waals surface area contributed by atoms with Gasteiger partial charge >= 0.3 is 19.5 Å². The third kappa shape index (κ3) is 26.6. The zero-order valence-electron chi connectivity index (χ0n) is 23.8. The van der Waals surface area contributed by atoms with Crippen molar-refractivity contribution in [3.63, 3.8) is 0 Å². The Morgan fingerprint density at radius 2 is 1.16 bits per heavy atom. The van der Waals surface area contributed by atoms with Gasteiger partial charge in [0.25, 0.3) is 0 Å². The average Bonchev–Trinajstić information content (AvgIpc) is 2.83.